The first kappa shape index (κ1) is 9.04. The summed E-state index contributed by atoms with van der Waals surface area (Å²) in [6.45, 7) is 2.08. The molecule has 1 heterocycles. The molecule has 2 aliphatic rings. The van der Waals surface area contributed by atoms with Crippen molar-refractivity contribution in [2.75, 3.05) is 13.1 Å². The van der Waals surface area contributed by atoms with Crippen molar-refractivity contribution in [2.24, 2.45) is 10.9 Å². The molecule has 13 heavy (non-hydrogen) atoms. The van der Waals surface area contributed by atoms with Crippen LogP contribution in [0.2, 0.25) is 0 Å². The highest BCUT2D eigenvalue weighted by Gasteiger charge is 2.18. The van der Waals surface area contributed by atoms with Crippen LogP contribution in [-0.2, 0) is 0 Å². The molecule has 0 unspecified atom stereocenters. The van der Waals surface area contributed by atoms with E-state index in [-0.39, 0.29) is 0 Å². The fourth-order valence-corrected chi connectivity index (χ4v) is 2.42. The topological polar surface area (TPSA) is 24.4 Å². The first-order chi connectivity index (χ1) is 6.47. The van der Waals surface area contributed by atoms with Crippen LogP contribution in [-0.4, -0.2) is 18.9 Å². The third-order valence-corrected chi connectivity index (χ3v) is 3.19. The molecule has 1 aliphatic heterocycles. The van der Waals surface area contributed by atoms with E-state index >= 15 is 0 Å². The molecule has 0 bridgehead atoms. The zero-order valence-electron chi connectivity index (χ0n) is 8.39. The van der Waals surface area contributed by atoms with Crippen molar-refractivity contribution in [3.05, 3.63) is 0 Å². The Morgan fingerprint density at radius 2 is 1.69 bits per heavy atom. The molecule has 0 aromatic carbocycles. The molecular weight excluding hydrogens is 160 g/mol. The van der Waals surface area contributed by atoms with Crippen LogP contribution >= 0.6 is 0 Å². The number of hydrogen-bond acceptors (Lipinski definition) is 2. The third kappa shape index (κ3) is 2.45. The summed E-state index contributed by atoms with van der Waals surface area (Å²) in [6.07, 6.45) is 9.87. The van der Waals surface area contributed by atoms with Gasteiger partial charge in [0, 0.05) is 12.5 Å². The molecule has 1 saturated carbocycles. The van der Waals surface area contributed by atoms with Crippen LogP contribution in [0.5, 0.6) is 0 Å². The third-order valence-electron chi connectivity index (χ3n) is 3.19. The molecule has 2 rings (SSSR count). The molecular formula is C11H20N2. The van der Waals surface area contributed by atoms with Gasteiger partial charge in [-0.15, -0.1) is 0 Å². The maximum absolute atomic E-state index is 4.54. The van der Waals surface area contributed by atoms with Gasteiger partial charge in [0.05, 0.1) is 12.4 Å². The lowest BCUT2D eigenvalue weighted by Gasteiger charge is -2.19. The van der Waals surface area contributed by atoms with Gasteiger partial charge in [-0.05, 0) is 12.8 Å². The molecule has 0 radical (unpaired) electrons. The lowest BCUT2D eigenvalue weighted by molar-refractivity contribution is 0.448. The van der Waals surface area contributed by atoms with Crippen LogP contribution in [0.4, 0.5) is 0 Å². The van der Waals surface area contributed by atoms with Gasteiger partial charge < -0.3 is 5.32 Å². The van der Waals surface area contributed by atoms with Gasteiger partial charge in [0.1, 0.15) is 0 Å². The fraction of sp³-hybridized carbons (Fsp3) is 0.909. The Morgan fingerprint density at radius 3 is 2.31 bits per heavy atom. The summed E-state index contributed by atoms with van der Waals surface area (Å²) in [7, 11) is 0. The molecule has 2 heteroatoms. The van der Waals surface area contributed by atoms with E-state index in [1.807, 2.05) is 0 Å². The predicted octanol–water partition coefficient (Wildman–Crippen LogP) is 2.35. The van der Waals surface area contributed by atoms with E-state index < -0.39 is 0 Å². The maximum atomic E-state index is 4.54. The van der Waals surface area contributed by atoms with Crippen molar-refractivity contribution < 1.29 is 0 Å². The molecule has 0 aromatic rings. The van der Waals surface area contributed by atoms with Crippen molar-refractivity contribution in [2.45, 2.75) is 44.9 Å². The zero-order valence-corrected chi connectivity index (χ0v) is 8.39. The lowest BCUT2D eigenvalue weighted by atomic mass is 9.90. The van der Waals surface area contributed by atoms with E-state index in [2.05, 4.69) is 10.3 Å². The van der Waals surface area contributed by atoms with Crippen LogP contribution in [0, 0.1) is 5.92 Å². The van der Waals surface area contributed by atoms with Crippen molar-refractivity contribution in [1.82, 2.24) is 5.32 Å². The number of aliphatic imine (C=N–C) groups is 1. The average molecular weight is 180 g/mol. The van der Waals surface area contributed by atoms with Crippen LogP contribution in [0.3, 0.4) is 0 Å². The average Bonchev–Trinajstić information content (AvgIpc) is 2.55. The second-order valence-electron chi connectivity index (χ2n) is 4.24. The van der Waals surface area contributed by atoms with E-state index in [0.29, 0.717) is 0 Å². The van der Waals surface area contributed by atoms with Gasteiger partial charge in [-0.1, -0.05) is 32.1 Å². The van der Waals surface area contributed by atoms with E-state index in [9.17, 15) is 0 Å². The van der Waals surface area contributed by atoms with Gasteiger partial charge in [-0.3, -0.25) is 4.99 Å². The van der Waals surface area contributed by atoms with E-state index in [1.54, 1.807) is 0 Å². The zero-order chi connectivity index (χ0) is 8.93. The smallest absolute Gasteiger partial charge is 0.0995 e. The van der Waals surface area contributed by atoms with Crippen molar-refractivity contribution in [3.63, 3.8) is 0 Å². The quantitative estimate of drug-likeness (QED) is 0.658. The maximum Gasteiger partial charge on any atom is 0.0995 e. The van der Waals surface area contributed by atoms with Gasteiger partial charge >= 0.3 is 0 Å². The largest absolute Gasteiger partial charge is 0.372 e. The van der Waals surface area contributed by atoms with Gasteiger partial charge in [0.15, 0.2) is 0 Å². The molecule has 0 spiro atoms. The Hall–Kier alpha value is -0.530. The molecule has 2 nitrogen and oxygen atoms in total. The number of nitrogens with one attached hydrogen (secondary N) is 1. The molecule has 1 N–H and O–H groups in total. The Kier molecular flexibility index (Phi) is 3.22. The summed E-state index contributed by atoms with van der Waals surface area (Å²) >= 11 is 0. The Morgan fingerprint density at radius 1 is 1.00 bits per heavy atom. The SMILES string of the molecule is C1CCCC(C2=NCCN2)CCC1. The van der Waals surface area contributed by atoms with E-state index in [1.165, 1.54) is 50.8 Å². The number of amidine groups is 1. The number of hydrogen-bond donors (Lipinski definition) is 1. The minimum atomic E-state index is 0.766. The lowest BCUT2D eigenvalue weighted by Crippen LogP contribution is -2.27. The van der Waals surface area contributed by atoms with Crippen LogP contribution < -0.4 is 5.32 Å². The Bertz CT molecular complexity index is 179. The van der Waals surface area contributed by atoms with E-state index in [4.69, 9.17) is 0 Å². The highest BCUT2D eigenvalue weighted by Crippen LogP contribution is 2.23. The Labute approximate surface area is 80.8 Å². The summed E-state index contributed by atoms with van der Waals surface area (Å²) in [5.74, 6) is 2.09. The molecule has 1 aliphatic carbocycles. The van der Waals surface area contributed by atoms with Crippen LogP contribution in [0.15, 0.2) is 4.99 Å². The van der Waals surface area contributed by atoms with Crippen molar-refractivity contribution in [1.29, 1.82) is 0 Å². The van der Waals surface area contributed by atoms with Crippen LogP contribution in [0.25, 0.3) is 0 Å². The van der Waals surface area contributed by atoms with Crippen molar-refractivity contribution >= 4 is 5.84 Å². The molecule has 0 saturated heterocycles. The molecule has 1 fully saturated rings. The summed E-state index contributed by atoms with van der Waals surface area (Å²) in [5.41, 5.74) is 0. The molecule has 0 aromatic heterocycles. The van der Waals surface area contributed by atoms with Crippen molar-refractivity contribution in [3.8, 4) is 0 Å². The summed E-state index contributed by atoms with van der Waals surface area (Å²) in [4.78, 5) is 4.54. The predicted molar refractivity (Wildman–Crippen MR) is 56.1 cm³/mol. The molecule has 74 valence electrons. The first-order valence-electron chi connectivity index (χ1n) is 5.75. The summed E-state index contributed by atoms with van der Waals surface area (Å²) in [6, 6.07) is 0. The summed E-state index contributed by atoms with van der Waals surface area (Å²) < 4.78 is 0. The standard InChI is InChI=1S/C11H20N2/c1-2-4-6-10(7-5-3-1)11-12-8-9-13-11/h10H,1-9H2,(H,12,13). The Balaban J connectivity index is 1.87. The minimum absolute atomic E-state index is 0.766. The monoisotopic (exact) mass is 180 g/mol. The second-order valence-corrected chi connectivity index (χ2v) is 4.24. The normalized spacial score (nSPS) is 26.0. The number of nitrogens with zero attached hydrogens (tertiary/aromatic N) is 1. The van der Waals surface area contributed by atoms with Gasteiger partial charge in [-0.25, -0.2) is 0 Å². The minimum Gasteiger partial charge on any atom is -0.372 e. The second kappa shape index (κ2) is 4.64. The molecule has 0 amide bonds. The molecule has 0 atom stereocenters. The van der Waals surface area contributed by atoms with Gasteiger partial charge in [0.2, 0.25) is 0 Å². The van der Waals surface area contributed by atoms with Gasteiger partial charge in [0.25, 0.3) is 0 Å². The van der Waals surface area contributed by atoms with Gasteiger partial charge in [-0.2, -0.15) is 0 Å². The number of rotatable bonds is 1. The fourth-order valence-electron chi connectivity index (χ4n) is 2.42. The summed E-state index contributed by atoms with van der Waals surface area (Å²) in [5, 5.41) is 3.42. The van der Waals surface area contributed by atoms with E-state index in [0.717, 1.165) is 19.0 Å². The highest BCUT2D eigenvalue weighted by molar-refractivity contribution is 5.85. The highest BCUT2D eigenvalue weighted by atomic mass is 15.1. The van der Waals surface area contributed by atoms with Crippen LogP contribution in [0.1, 0.15) is 44.9 Å². The first-order valence-corrected chi connectivity index (χ1v) is 5.75.